The van der Waals surface area contributed by atoms with Gasteiger partial charge in [0.25, 0.3) is 0 Å². The van der Waals surface area contributed by atoms with E-state index in [2.05, 4.69) is 80.9 Å². The first-order chi connectivity index (χ1) is 11.7. The van der Waals surface area contributed by atoms with Gasteiger partial charge >= 0.3 is 7.12 Å². The maximum atomic E-state index is 6.12. The van der Waals surface area contributed by atoms with Crippen molar-refractivity contribution < 1.29 is 9.31 Å². The molecule has 0 radical (unpaired) electrons. The molecule has 3 rings (SSSR count). The Morgan fingerprint density at radius 1 is 1.08 bits per heavy atom. The van der Waals surface area contributed by atoms with E-state index in [0.29, 0.717) is 0 Å². The summed E-state index contributed by atoms with van der Waals surface area (Å²) in [5, 5.41) is 0. The van der Waals surface area contributed by atoms with E-state index in [1.165, 1.54) is 5.56 Å². The molecule has 134 valence electrons. The van der Waals surface area contributed by atoms with Gasteiger partial charge in [0.1, 0.15) is 5.82 Å². The average Bonchev–Trinajstić information content (AvgIpc) is 3.12. The fourth-order valence-corrected chi connectivity index (χ4v) is 3.00. The van der Waals surface area contributed by atoms with Crippen molar-refractivity contribution in [3.63, 3.8) is 0 Å². The van der Waals surface area contributed by atoms with E-state index < -0.39 is 0 Å². The lowest BCUT2D eigenvalue weighted by Gasteiger charge is -2.32. The van der Waals surface area contributed by atoms with E-state index in [0.717, 1.165) is 17.7 Å². The van der Waals surface area contributed by atoms with Crippen molar-refractivity contribution in [1.82, 2.24) is 14.9 Å². The molecule has 1 aromatic carbocycles. The number of H-pyrrole nitrogens is 1. The zero-order valence-corrected chi connectivity index (χ0v) is 16.0. The molecule has 1 aliphatic heterocycles. The Labute approximate surface area is 150 Å². The Morgan fingerprint density at radius 3 is 2.16 bits per heavy atom. The van der Waals surface area contributed by atoms with Crippen molar-refractivity contribution in [2.24, 2.45) is 0 Å². The van der Waals surface area contributed by atoms with Crippen LogP contribution in [0.15, 0.2) is 36.7 Å². The summed E-state index contributed by atoms with van der Waals surface area (Å²) in [6.07, 6.45) is 4.56. The van der Waals surface area contributed by atoms with E-state index in [1.54, 1.807) is 6.20 Å². The number of hydrogen-bond acceptors (Lipinski definition) is 4. The van der Waals surface area contributed by atoms with Crippen LogP contribution in [0.5, 0.6) is 0 Å². The van der Waals surface area contributed by atoms with E-state index in [1.807, 2.05) is 6.20 Å². The molecule has 1 aliphatic rings. The maximum Gasteiger partial charge on any atom is 0.494 e. The van der Waals surface area contributed by atoms with Crippen LogP contribution >= 0.6 is 0 Å². The smallest absolute Gasteiger partial charge is 0.399 e. The van der Waals surface area contributed by atoms with Crippen LogP contribution in [0.25, 0.3) is 0 Å². The Hall–Kier alpha value is -1.63. The molecular formula is C19H28BN3O2. The molecule has 0 bridgehead atoms. The first-order valence-corrected chi connectivity index (χ1v) is 8.80. The van der Waals surface area contributed by atoms with Gasteiger partial charge in [0.05, 0.1) is 17.2 Å². The van der Waals surface area contributed by atoms with E-state index >= 15 is 0 Å². The van der Waals surface area contributed by atoms with Gasteiger partial charge in [-0.1, -0.05) is 24.3 Å². The highest BCUT2D eigenvalue weighted by molar-refractivity contribution is 6.62. The zero-order valence-electron chi connectivity index (χ0n) is 16.0. The van der Waals surface area contributed by atoms with Gasteiger partial charge in [0, 0.05) is 12.4 Å². The van der Waals surface area contributed by atoms with Crippen molar-refractivity contribution in [3.05, 3.63) is 48.0 Å². The molecule has 25 heavy (non-hydrogen) atoms. The number of nitrogens with zero attached hydrogens (tertiary/aromatic N) is 2. The molecule has 2 aromatic rings. The molecule has 0 saturated carbocycles. The van der Waals surface area contributed by atoms with Crippen molar-refractivity contribution in [2.75, 3.05) is 14.1 Å². The monoisotopic (exact) mass is 341 g/mol. The Morgan fingerprint density at radius 2 is 1.68 bits per heavy atom. The van der Waals surface area contributed by atoms with E-state index in [9.17, 15) is 0 Å². The summed E-state index contributed by atoms with van der Waals surface area (Å²) in [7, 11) is 3.84. The Bertz CT molecular complexity index is 680. The number of aromatic nitrogens is 2. The van der Waals surface area contributed by atoms with Crippen molar-refractivity contribution in [2.45, 2.75) is 51.4 Å². The fraction of sp³-hybridized carbons (Fsp3) is 0.526. The van der Waals surface area contributed by atoms with Crippen LogP contribution in [0.3, 0.4) is 0 Å². The summed E-state index contributed by atoms with van der Waals surface area (Å²) >= 11 is 0. The quantitative estimate of drug-likeness (QED) is 0.850. The minimum atomic E-state index is -0.314. The topological polar surface area (TPSA) is 50.4 Å². The van der Waals surface area contributed by atoms with Crippen LogP contribution in [0.4, 0.5) is 0 Å². The van der Waals surface area contributed by atoms with Gasteiger partial charge in [-0.3, -0.25) is 4.90 Å². The van der Waals surface area contributed by atoms with Crippen LogP contribution in [0, 0.1) is 0 Å². The number of imidazole rings is 1. The minimum Gasteiger partial charge on any atom is -0.399 e. The van der Waals surface area contributed by atoms with Gasteiger partial charge in [0.15, 0.2) is 0 Å². The summed E-state index contributed by atoms with van der Waals surface area (Å²) in [5.41, 5.74) is 1.69. The molecule has 1 atom stereocenters. The van der Waals surface area contributed by atoms with Crippen molar-refractivity contribution >= 4 is 12.6 Å². The fourth-order valence-electron chi connectivity index (χ4n) is 3.00. The maximum absolute atomic E-state index is 6.12. The third-order valence-electron chi connectivity index (χ3n) is 5.39. The number of benzene rings is 1. The normalized spacial score (nSPS) is 20.2. The molecule has 1 saturated heterocycles. The van der Waals surface area contributed by atoms with Crippen molar-refractivity contribution in [3.8, 4) is 0 Å². The highest BCUT2D eigenvalue weighted by Crippen LogP contribution is 2.36. The lowest BCUT2D eigenvalue weighted by Crippen LogP contribution is -2.41. The molecule has 6 heteroatoms. The number of hydrogen-bond donors (Lipinski definition) is 1. The third kappa shape index (κ3) is 3.66. The van der Waals surface area contributed by atoms with Gasteiger partial charge < -0.3 is 14.3 Å². The Balaban J connectivity index is 1.73. The van der Waals surface area contributed by atoms with Crippen molar-refractivity contribution in [1.29, 1.82) is 0 Å². The summed E-state index contributed by atoms with van der Waals surface area (Å²) in [6, 6.07) is 8.73. The van der Waals surface area contributed by atoms with Gasteiger partial charge in [-0.15, -0.1) is 0 Å². The first kappa shape index (κ1) is 18.2. The van der Waals surface area contributed by atoms with Crippen LogP contribution in [0.2, 0.25) is 0 Å². The number of likely N-dealkylation sites (N-methyl/N-ethyl adjacent to an activating group) is 1. The molecule has 5 nitrogen and oxygen atoms in total. The van der Waals surface area contributed by atoms with Crippen LogP contribution < -0.4 is 5.46 Å². The summed E-state index contributed by atoms with van der Waals surface area (Å²) in [4.78, 5) is 9.81. The van der Waals surface area contributed by atoms with Crippen LogP contribution in [-0.4, -0.2) is 47.3 Å². The van der Waals surface area contributed by atoms with Gasteiger partial charge in [0.2, 0.25) is 0 Å². The molecule has 1 aromatic heterocycles. The molecular weight excluding hydrogens is 313 g/mol. The van der Waals surface area contributed by atoms with Gasteiger partial charge in [-0.25, -0.2) is 4.98 Å². The average molecular weight is 341 g/mol. The van der Waals surface area contributed by atoms with Gasteiger partial charge in [-0.05, 0) is 59.2 Å². The largest absolute Gasteiger partial charge is 0.494 e. The van der Waals surface area contributed by atoms with E-state index in [4.69, 9.17) is 9.31 Å². The summed E-state index contributed by atoms with van der Waals surface area (Å²) in [6.45, 7) is 8.30. The molecule has 1 N–H and O–H groups in total. The number of nitrogens with one attached hydrogen (secondary N) is 1. The number of rotatable bonds is 5. The first-order valence-electron chi connectivity index (χ1n) is 8.80. The standard InChI is InChI=1S/C19H28BN3O2/c1-18(2)19(3,4)25-20(24-18)15-9-7-14(8-10-15)13-16(23(5)6)17-21-11-12-22-17/h7-12,16H,13H2,1-6H3,(H,21,22). The van der Waals surface area contributed by atoms with Gasteiger partial charge in [-0.2, -0.15) is 0 Å². The second kappa shape index (κ2) is 6.59. The summed E-state index contributed by atoms with van der Waals surface area (Å²) in [5.74, 6) is 0.986. The number of aromatic amines is 1. The third-order valence-corrected chi connectivity index (χ3v) is 5.39. The van der Waals surface area contributed by atoms with E-state index in [-0.39, 0.29) is 24.4 Å². The molecule has 0 spiro atoms. The van der Waals surface area contributed by atoms with Crippen LogP contribution in [-0.2, 0) is 15.7 Å². The lowest BCUT2D eigenvalue weighted by atomic mass is 9.78. The second-order valence-corrected chi connectivity index (χ2v) is 7.99. The lowest BCUT2D eigenvalue weighted by molar-refractivity contribution is 0.00578. The molecule has 1 unspecified atom stereocenters. The molecule has 0 aliphatic carbocycles. The summed E-state index contributed by atoms with van der Waals surface area (Å²) < 4.78 is 12.2. The highest BCUT2D eigenvalue weighted by Gasteiger charge is 2.51. The SMILES string of the molecule is CN(C)C(Cc1ccc(B2OC(C)(C)C(C)(C)O2)cc1)c1ncc[nH]1. The predicted octanol–water partition coefficient (Wildman–Crippen LogP) is 2.55. The highest BCUT2D eigenvalue weighted by atomic mass is 16.7. The molecule has 2 heterocycles. The second-order valence-electron chi connectivity index (χ2n) is 7.99. The minimum absolute atomic E-state index is 0.220. The predicted molar refractivity (Wildman–Crippen MR) is 101 cm³/mol. The zero-order chi connectivity index (χ0) is 18.2. The molecule has 0 amide bonds. The van der Waals surface area contributed by atoms with Crippen LogP contribution in [0.1, 0.15) is 45.1 Å². The molecule has 1 fully saturated rings. The Kier molecular flexibility index (Phi) is 4.79.